The lowest BCUT2D eigenvalue weighted by molar-refractivity contribution is 0.101. The monoisotopic (exact) mass is 644 g/mol. The number of ether oxygens (including phenoxy) is 2. The van der Waals surface area contributed by atoms with Gasteiger partial charge in [0.25, 0.3) is 11.8 Å². The van der Waals surface area contributed by atoms with Crippen LogP contribution in [0, 0.1) is 11.8 Å². The van der Waals surface area contributed by atoms with Crippen molar-refractivity contribution in [3.05, 3.63) is 80.7 Å². The first-order valence-electron chi connectivity index (χ1n) is 12.7. The third kappa shape index (κ3) is 9.17. The van der Waals surface area contributed by atoms with Crippen molar-refractivity contribution < 1.29 is 19.1 Å². The molecule has 0 unspecified atom stereocenters. The Labute approximate surface area is 241 Å². The molecule has 3 aromatic carbocycles. The van der Waals surface area contributed by atoms with Gasteiger partial charge in [0.2, 0.25) is 0 Å². The number of hydrogen-bond donors (Lipinski definition) is 2. The normalized spacial score (nSPS) is 10.9. The van der Waals surface area contributed by atoms with Gasteiger partial charge in [-0.1, -0.05) is 59.6 Å². The van der Waals surface area contributed by atoms with Gasteiger partial charge in [-0.2, -0.15) is 0 Å². The van der Waals surface area contributed by atoms with Crippen molar-refractivity contribution in [2.45, 2.75) is 40.5 Å². The van der Waals surface area contributed by atoms with Gasteiger partial charge in [0.1, 0.15) is 11.5 Å². The van der Waals surface area contributed by atoms with E-state index in [1.807, 2.05) is 12.1 Å². The molecule has 2 N–H and O–H groups in total. The van der Waals surface area contributed by atoms with Gasteiger partial charge in [0.05, 0.1) is 24.3 Å². The first kappa shape index (κ1) is 29.7. The highest BCUT2D eigenvalue weighted by atomic mass is 79.9. The van der Waals surface area contributed by atoms with Gasteiger partial charge in [0, 0.05) is 20.3 Å². The summed E-state index contributed by atoms with van der Waals surface area (Å²) in [5, 5.41) is 5.81. The van der Waals surface area contributed by atoms with Crippen molar-refractivity contribution in [1.82, 2.24) is 0 Å². The highest BCUT2D eigenvalue weighted by molar-refractivity contribution is 9.10. The molecule has 0 atom stereocenters. The van der Waals surface area contributed by atoms with Crippen molar-refractivity contribution in [2.24, 2.45) is 11.8 Å². The zero-order chi connectivity index (χ0) is 27.7. The topological polar surface area (TPSA) is 76.7 Å². The van der Waals surface area contributed by atoms with Gasteiger partial charge >= 0.3 is 0 Å². The molecule has 6 nitrogen and oxygen atoms in total. The number of halogens is 2. The molecule has 202 valence electrons. The fraction of sp³-hybridized carbons (Fsp3) is 0.333. The molecule has 3 aromatic rings. The molecule has 0 saturated heterocycles. The Bertz CT molecular complexity index is 1150. The summed E-state index contributed by atoms with van der Waals surface area (Å²) in [5.74, 6) is 1.54. The van der Waals surface area contributed by atoms with E-state index in [9.17, 15) is 9.59 Å². The van der Waals surface area contributed by atoms with E-state index < -0.39 is 0 Å². The molecule has 0 aliphatic rings. The molecule has 0 bridgehead atoms. The van der Waals surface area contributed by atoms with Crippen molar-refractivity contribution in [3.8, 4) is 11.5 Å². The Balaban J connectivity index is 1.66. The summed E-state index contributed by atoms with van der Waals surface area (Å²) in [7, 11) is 0. The molecule has 3 rings (SSSR count). The second kappa shape index (κ2) is 14.4. The summed E-state index contributed by atoms with van der Waals surface area (Å²) in [6, 6.07) is 17.7. The average Bonchev–Trinajstić information content (AvgIpc) is 2.86. The summed E-state index contributed by atoms with van der Waals surface area (Å²) in [6.07, 6.45) is 1.80. The summed E-state index contributed by atoms with van der Waals surface area (Å²) in [4.78, 5) is 26.1. The van der Waals surface area contributed by atoms with Crippen LogP contribution in [-0.2, 0) is 0 Å². The van der Waals surface area contributed by atoms with Crippen molar-refractivity contribution in [3.63, 3.8) is 0 Å². The van der Waals surface area contributed by atoms with Crippen LogP contribution in [0.2, 0.25) is 0 Å². The summed E-state index contributed by atoms with van der Waals surface area (Å²) in [5.41, 5.74) is 2.09. The molecule has 0 saturated carbocycles. The minimum Gasteiger partial charge on any atom is -0.493 e. The number of nitrogens with one attached hydrogen (secondary N) is 2. The number of rotatable bonds is 12. The molecule has 0 aromatic heterocycles. The fourth-order valence-corrected chi connectivity index (χ4v) is 4.18. The van der Waals surface area contributed by atoms with Crippen LogP contribution < -0.4 is 20.1 Å². The number of benzene rings is 3. The minimum absolute atomic E-state index is 0.278. The maximum absolute atomic E-state index is 13.0. The molecule has 0 aliphatic carbocycles. The zero-order valence-corrected chi connectivity index (χ0v) is 25.3. The van der Waals surface area contributed by atoms with E-state index in [1.54, 1.807) is 48.5 Å². The van der Waals surface area contributed by atoms with Crippen LogP contribution in [0.4, 0.5) is 11.4 Å². The number of carbonyl (C=O) groups excluding carboxylic acids is 2. The molecule has 2 amide bonds. The zero-order valence-electron chi connectivity index (χ0n) is 22.1. The van der Waals surface area contributed by atoms with Crippen LogP contribution in [0.1, 0.15) is 61.3 Å². The highest BCUT2D eigenvalue weighted by Gasteiger charge is 2.16. The SMILES string of the molecule is CC(C)CCOc1ccc(Br)cc1C(=O)Nc1ccc(NC(=O)c2cc(Br)ccc2OCCC(C)C)cc1. The lowest BCUT2D eigenvalue weighted by atomic mass is 10.1. The quantitative estimate of drug-likeness (QED) is 0.207. The number of anilines is 2. The molecular formula is C30H34Br2N2O4. The van der Waals surface area contributed by atoms with E-state index in [-0.39, 0.29) is 11.8 Å². The van der Waals surface area contributed by atoms with Crippen LogP contribution in [0.3, 0.4) is 0 Å². The second-order valence-electron chi connectivity index (χ2n) is 9.83. The minimum atomic E-state index is -0.278. The first-order chi connectivity index (χ1) is 18.1. The van der Waals surface area contributed by atoms with Crippen molar-refractivity contribution in [2.75, 3.05) is 23.8 Å². The first-order valence-corrected chi connectivity index (χ1v) is 14.3. The summed E-state index contributed by atoms with van der Waals surface area (Å²) >= 11 is 6.87. The van der Waals surface area contributed by atoms with Crippen molar-refractivity contribution >= 4 is 55.0 Å². The molecule has 0 radical (unpaired) electrons. The van der Waals surface area contributed by atoms with E-state index >= 15 is 0 Å². The van der Waals surface area contributed by atoms with Gasteiger partial charge in [-0.15, -0.1) is 0 Å². The fourth-order valence-electron chi connectivity index (χ4n) is 3.45. The van der Waals surface area contributed by atoms with Crippen LogP contribution in [0.5, 0.6) is 11.5 Å². The maximum Gasteiger partial charge on any atom is 0.259 e. The lowest BCUT2D eigenvalue weighted by Gasteiger charge is -2.14. The molecule has 0 fully saturated rings. The molecular weight excluding hydrogens is 612 g/mol. The average molecular weight is 646 g/mol. The van der Waals surface area contributed by atoms with E-state index in [4.69, 9.17) is 9.47 Å². The van der Waals surface area contributed by atoms with Crippen LogP contribution >= 0.6 is 31.9 Å². The van der Waals surface area contributed by atoms with Crippen LogP contribution in [0.15, 0.2) is 69.6 Å². The third-order valence-electron chi connectivity index (χ3n) is 5.68. The predicted octanol–water partition coefficient (Wildman–Crippen LogP) is 8.57. The summed E-state index contributed by atoms with van der Waals surface area (Å²) < 4.78 is 13.3. The molecule has 38 heavy (non-hydrogen) atoms. The van der Waals surface area contributed by atoms with E-state index in [0.29, 0.717) is 59.1 Å². The smallest absolute Gasteiger partial charge is 0.259 e. The van der Waals surface area contributed by atoms with E-state index in [2.05, 4.69) is 70.2 Å². The highest BCUT2D eigenvalue weighted by Crippen LogP contribution is 2.27. The van der Waals surface area contributed by atoms with E-state index in [1.165, 1.54) is 0 Å². The van der Waals surface area contributed by atoms with Crippen LogP contribution in [-0.4, -0.2) is 25.0 Å². The molecule has 0 aliphatic heterocycles. The third-order valence-corrected chi connectivity index (χ3v) is 6.67. The number of amides is 2. The van der Waals surface area contributed by atoms with Gasteiger partial charge in [-0.25, -0.2) is 0 Å². The Kier molecular flexibility index (Phi) is 11.2. The Hall–Kier alpha value is -2.84. The van der Waals surface area contributed by atoms with Gasteiger partial charge in [-0.3, -0.25) is 9.59 Å². The number of carbonyl (C=O) groups is 2. The Morgan fingerprint density at radius 2 is 1.03 bits per heavy atom. The molecule has 0 heterocycles. The van der Waals surface area contributed by atoms with Crippen LogP contribution in [0.25, 0.3) is 0 Å². The van der Waals surface area contributed by atoms with E-state index in [0.717, 1.165) is 21.8 Å². The van der Waals surface area contributed by atoms with Gasteiger partial charge in [-0.05, 0) is 85.3 Å². The van der Waals surface area contributed by atoms with Gasteiger partial charge < -0.3 is 20.1 Å². The predicted molar refractivity (Wildman–Crippen MR) is 161 cm³/mol. The molecule has 8 heteroatoms. The van der Waals surface area contributed by atoms with Crippen molar-refractivity contribution in [1.29, 1.82) is 0 Å². The Morgan fingerprint density at radius 3 is 1.37 bits per heavy atom. The molecule has 0 spiro atoms. The standard InChI is InChI=1S/C30H34Br2N2O4/c1-19(2)13-15-37-27-11-5-21(31)17-25(27)29(35)33-23-7-9-24(10-8-23)34-30(36)26-18-22(32)6-12-28(26)38-16-14-20(3)4/h5-12,17-20H,13-16H2,1-4H3,(H,33,35)(H,34,36). The summed E-state index contributed by atoms with van der Waals surface area (Å²) in [6.45, 7) is 9.59. The number of hydrogen-bond acceptors (Lipinski definition) is 4. The van der Waals surface area contributed by atoms with Gasteiger partial charge in [0.15, 0.2) is 0 Å². The second-order valence-corrected chi connectivity index (χ2v) is 11.7. The largest absolute Gasteiger partial charge is 0.493 e. The Morgan fingerprint density at radius 1 is 0.658 bits per heavy atom. The maximum atomic E-state index is 13.0. The lowest BCUT2D eigenvalue weighted by Crippen LogP contribution is -2.15.